The van der Waals surface area contributed by atoms with E-state index in [9.17, 15) is 4.79 Å². The summed E-state index contributed by atoms with van der Waals surface area (Å²) in [4.78, 5) is 20.5. The third-order valence-corrected chi connectivity index (χ3v) is 5.00. The maximum Gasteiger partial charge on any atom is 0.410 e. The summed E-state index contributed by atoms with van der Waals surface area (Å²) in [5, 5.41) is 1.01. The van der Waals surface area contributed by atoms with Crippen molar-refractivity contribution in [2.24, 2.45) is 0 Å². The normalized spacial score (nSPS) is 16.4. The van der Waals surface area contributed by atoms with Crippen molar-refractivity contribution in [1.82, 2.24) is 9.88 Å². The van der Waals surface area contributed by atoms with Gasteiger partial charge in [-0.3, -0.25) is 0 Å². The fourth-order valence-corrected chi connectivity index (χ4v) is 3.28. The molecule has 0 radical (unpaired) electrons. The predicted octanol–water partition coefficient (Wildman–Crippen LogP) is 3.27. The van der Waals surface area contributed by atoms with Crippen molar-refractivity contribution in [1.29, 1.82) is 0 Å². The second-order valence-electron chi connectivity index (χ2n) is 5.81. The maximum absolute atomic E-state index is 12.0. The molecule has 0 saturated carbocycles. The molecule has 0 unspecified atom stereocenters. The van der Waals surface area contributed by atoms with E-state index in [0.717, 1.165) is 27.7 Å². The average molecular weight is 362 g/mol. The van der Waals surface area contributed by atoms with E-state index in [1.165, 1.54) is 0 Å². The summed E-state index contributed by atoms with van der Waals surface area (Å²) >= 11 is 5.13. The Bertz CT molecular complexity index is 471. The number of rotatable bonds is 1. The molecule has 112 valence electrons. The van der Waals surface area contributed by atoms with Gasteiger partial charge in [-0.1, -0.05) is 11.3 Å². The van der Waals surface area contributed by atoms with Crippen LogP contribution < -0.4 is 4.90 Å². The first-order valence-electron chi connectivity index (χ1n) is 6.62. The van der Waals surface area contributed by atoms with Gasteiger partial charge >= 0.3 is 6.09 Å². The highest BCUT2D eigenvalue weighted by molar-refractivity contribution is 9.11. The molecule has 0 aromatic carbocycles. The summed E-state index contributed by atoms with van der Waals surface area (Å²) in [6.07, 6.45) is -0.228. The van der Waals surface area contributed by atoms with E-state index in [0.29, 0.717) is 13.1 Å². The number of carbonyl (C=O) groups is 1. The lowest BCUT2D eigenvalue weighted by Gasteiger charge is -2.35. The molecule has 5 nitrogen and oxygen atoms in total. The smallest absolute Gasteiger partial charge is 0.410 e. The van der Waals surface area contributed by atoms with Crippen molar-refractivity contribution < 1.29 is 9.53 Å². The van der Waals surface area contributed by atoms with Gasteiger partial charge in [0, 0.05) is 26.2 Å². The number of thiazole rings is 1. The van der Waals surface area contributed by atoms with Crippen molar-refractivity contribution in [2.45, 2.75) is 33.3 Å². The van der Waals surface area contributed by atoms with E-state index in [1.807, 2.05) is 27.7 Å². The zero-order valence-corrected chi connectivity index (χ0v) is 14.7. The molecule has 1 saturated heterocycles. The van der Waals surface area contributed by atoms with Crippen molar-refractivity contribution >= 4 is 38.5 Å². The SMILES string of the molecule is Cc1nc(N2CCN(C(=O)OC(C)(C)C)CC2)sc1Br. The van der Waals surface area contributed by atoms with Gasteiger partial charge in [0.15, 0.2) is 5.13 Å². The lowest BCUT2D eigenvalue weighted by molar-refractivity contribution is 0.0240. The molecule has 1 amide bonds. The van der Waals surface area contributed by atoms with E-state index in [4.69, 9.17) is 4.74 Å². The first-order chi connectivity index (χ1) is 9.26. The molecule has 0 N–H and O–H groups in total. The first-order valence-corrected chi connectivity index (χ1v) is 8.23. The number of piperazine rings is 1. The lowest BCUT2D eigenvalue weighted by Crippen LogP contribution is -2.50. The van der Waals surface area contributed by atoms with Crippen LogP contribution in [0.1, 0.15) is 26.5 Å². The molecular weight excluding hydrogens is 342 g/mol. The summed E-state index contributed by atoms with van der Waals surface area (Å²) in [7, 11) is 0. The van der Waals surface area contributed by atoms with Gasteiger partial charge in [-0.05, 0) is 43.6 Å². The van der Waals surface area contributed by atoms with Gasteiger partial charge in [-0.2, -0.15) is 0 Å². The minimum absolute atomic E-state index is 0.228. The van der Waals surface area contributed by atoms with Gasteiger partial charge in [0.25, 0.3) is 0 Å². The summed E-state index contributed by atoms with van der Waals surface area (Å²) in [5.41, 5.74) is 0.575. The Hall–Kier alpha value is -0.820. The molecule has 2 heterocycles. The highest BCUT2D eigenvalue weighted by Gasteiger charge is 2.26. The van der Waals surface area contributed by atoms with Gasteiger partial charge < -0.3 is 14.5 Å². The number of aryl methyl sites for hydroxylation is 1. The van der Waals surface area contributed by atoms with Crippen LogP contribution in [0.2, 0.25) is 0 Å². The Kier molecular flexibility index (Phi) is 4.59. The van der Waals surface area contributed by atoms with Crippen molar-refractivity contribution in [3.63, 3.8) is 0 Å². The number of carbonyl (C=O) groups excluding carboxylic acids is 1. The number of hydrogen-bond acceptors (Lipinski definition) is 5. The van der Waals surface area contributed by atoms with Crippen LogP contribution in [-0.4, -0.2) is 47.8 Å². The summed E-state index contributed by atoms with van der Waals surface area (Å²) in [6, 6.07) is 0. The van der Waals surface area contributed by atoms with Crippen LogP contribution >= 0.6 is 27.3 Å². The van der Waals surface area contributed by atoms with E-state index in [1.54, 1.807) is 16.2 Å². The molecule has 1 aliphatic rings. The molecule has 1 aliphatic heterocycles. The minimum Gasteiger partial charge on any atom is -0.444 e. The molecule has 1 aromatic rings. The molecular formula is C13H20BrN3O2S. The average Bonchev–Trinajstić information content (AvgIpc) is 2.68. The zero-order valence-electron chi connectivity index (χ0n) is 12.3. The minimum atomic E-state index is -0.439. The van der Waals surface area contributed by atoms with Crippen LogP contribution in [0.15, 0.2) is 3.79 Å². The fraction of sp³-hybridized carbons (Fsp3) is 0.692. The number of aromatic nitrogens is 1. The highest BCUT2D eigenvalue weighted by Crippen LogP contribution is 2.30. The maximum atomic E-state index is 12.0. The molecule has 0 spiro atoms. The Morgan fingerprint density at radius 1 is 1.30 bits per heavy atom. The topological polar surface area (TPSA) is 45.7 Å². The second kappa shape index (κ2) is 5.89. The van der Waals surface area contributed by atoms with Crippen LogP contribution in [-0.2, 0) is 4.74 Å². The van der Waals surface area contributed by atoms with E-state index in [2.05, 4.69) is 25.8 Å². The van der Waals surface area contributed by atoms with Crippen LogP contribution in [0.5, 0.6) is 0 Å². The third kappa shape index (κ3) is 3.85. The summed E-state index contributed by atoms with van der Waals surface area (Å²) < 4.78 is 6.46. The van der Waals surface area contributed by atoms with Gasteiger partial charge in [0.05, 0.1) is 9.48 Å². The van der Waals surface area contributed by atoms with Crippen molar-refractivity contribution in [3.8, 4) is 0 Å². The van der Waals surface area contributed by atoms with E-state index >= 15 is 0 Å². The number of ether oxygens (including phenoxy) is 1. The number of anilines is 1. The second-order valence-corrected chi connectivity index (χ2v) is 8.11. The van der Waals surface area contributed by atoms with Crippen LogP contribution in [0.4, 0.5) is 9.93 Å². The largest absolute Gasteiger partial charge is 0.444 e. The Labute approximate surface area is 132 Å². The van der Waals surface area contributed by atoms with Gasteiger partial charge in [0.1, 0.15) is 5.60 Å². The third-order valence-electron chi connectivity index (χ3n) is 2.93. The van der Waals surface area contributed by atoms with Crippen LogP contribution in [0, 0.1) is 6.92 Å². The van der Waals surface area contributed by atoms with E-state index in [-0.39, 0.29) is 6.09 Å². The first kappa shape index (κ1) is 15.6. The number of amides is 1. The molecule has 1 aromatic heterocycles. The van der Waals surface area contributed by atoms with Crippen molar-refractivity contribution in [2.75, 3.05) is 31.1 Å². The van der Waals surface area contributed by atoms with E-state index < -0.39 is 5.60 Å². The fourth-order valence-electron chi connectivity index (χ4n) is 1.91. The molecule has 2 rings (SSSR count). The molecule has 0 atom stereocenters. The summed E-state index contributed by atoms with van der Waals surface area (Å²) in [5.74, 6) is 0. The highest BCUT2D eigenvalue weighted by atomic mass is 79.9. The Morgan fingerprint density at radius 3 is 2.35 bits per heavy atom. The molecule has 7 heteroatoms. The number of nitrogens with zero attached hydrogens (tertiary/aromatic N) is 3. The zero-order chi connectivity index (χ0) is 14.9. The molecule has 0 aliphatic carbocycles. The number of halogens is 1. The standard InChI is InChI=1S/C13H20BrN3O2S/c1-9-10(14)20-11(15-9)16-5-7-17(8-6-16)12(18)19-13(2,3)4/h5-8H2,1-4H3. The number of hydrogen-bond donors (Lipinski definition) is 0. The predicted molar refractivity (Wildman–Crippen MR) is 84.6 cm³/mol. The van der Waals surface area contributed by atoms with Gasteiger partial charge in [-0.25, -0.2) is 9.78 Å². The molecule has 20 heavy (non-hydrogen) atoms. The van der Waals surface area contributed by atoms with Gasteiger partial charge in [-0.15, -0.1) is 0 Å². The summed E-state index contributed by atoms with van der Waals surface area (Å²) in [6.45, 7) is 10.6. The lowest BCUT2D eigenvalue weighted by atomic mass is 10.2. The molecule has 1 fully saturated rings. The quantitative estimate of drug-likeness (QED) is 0.769. The van der Waals surface area contributed by atoms with Gasteiger partial charge in [0.2, 0.25) is 0 Å². The Balaban J connectivity index is 1.91. The Morgan fingerprint density at radius 2 is 1.90 bits per heavy atom. The van der Waals surface area contributed by atoms with Crippen LogP contribution in [0.25, 0.3) is 0 Å². The van der Waals surface area contributed by atoms with Crippen molar-refractivity contribution in [3.05, 3.63) is 9.48 Å². The molecule has 0 bridgehead atoms. The monoisotopic (exact) mass is 361 g/mol. The van der Waals surface area contributed by atoms with Crippen LogP contribution in [0.3, 0.4) is 0 Å².